The first-order valence-electron chi connectivity index (χ1n) is 16.3. The van der Waals surface area contributed by atoms with Crippen LogP contribution in [0, 0.1) is 5.92 Å². The van der Waals surface area contributed by atoms with E-state index in [1.807, 2.05) is 24.3 Å². The van der Waals surface area contributed by atoms with Crippen LogP contribution < -0.4 is 13.6 Å². The van der Waals surface area contributed by atoms with Crippen molar-refractivity contribution in [3.05, 3.63) is 65.2 Å². The number of rotatable bonds is 6. The van der Waals surface area contributed by atoms with Gasteiger partial charge in [0.15, 0.2) is 11.9 Å². The lowest BCUT2D eigenvalue weighted by Crippen LogP contribution is -2.65. The van der Waals surface area contributed by atoms with Crippen LogP contribution in [0.2, 0.25) is 36.3 Å². The van der Waals surface area contributed by atoms with Gasteiger partial charge in [0.1, 0.15) is 17.6 Å². The number of carbonyl (C=O) groups excluding carboxylic acids is 1. The average molecular weight is 634 g/mol. The highest BCUT2D eigenvalue weighted by atomic mass is 28.4. The molecule has 2 bridgehead atoms. The third kappa shape index (κ3) is 4.87. The van der Waals surface area contributed by atoms with E-state index < -0.39 is 22.7 Å². The topological polar surface area (TPSA) is 57.2 Å². The summed E-state index contributed by atoms with van der Waals surface area (Å²) in [6.45, 7) is 23.5. The van der Waals surface area contributed by atoms with Crippen LogP contribution in [-0.2, 0) is 16.6 Å². The van der Waals surface area contributed by atoms with Gasteiger partial charge in [-0.05, 0) is 105 Å². The van der Waals surface area contributed by atoms with Gasteiger partial charge < -0.3 is 23.2 Å². The van der Waals surface area contributed by atoms with E-state index in [9.17, 15) is 4.79 Å². The highest BCUT2D eigenvalue weighted by Crippen LogP contribution is 2.63. The van der Waals surface area contributed by atoms with Gasteiger partial charge in [-0.15, -0.1) is 0 Å². The molecule has 2 heterocycles. The van der Waals surface area contributed by atoms with Gasteiger partial charge in [0.05, 0.1) is 5.56 Å². The second kappa shape index (κ2) is 10.2. The molecule has 0 saturated carbocycles. The lowest BCUT2D eigenvalue weighted by molar-refractivity contribution is -0.0554. The van der Waals surface area contributed by atoms with Crippen LogP contribution in [0.25, 0.3) is 0 Å². The number of nitrogens with zero attached hydrogens (tertiary/aromatic N) is 1. The number of hydrogen-bond acceptors (Lipinski definition) is 6. The van der Waals surface area contributed by atoms with Gasteiger partial charge in [0.2, 0.25) is 8.32 Å². The third-order valence-corrected chi connectivity index (χ3v) is 20.5. The molecule has 4 aliphatic rings. The van der Waals surface area contributed by atoms with Gasteiger partial charge in [-0.3, -0.25) is 0 Å². The molecule has 6 rings (SSSR count). The molecule has 44 heavy (non-hydrogen) atoms. The van der Waals surface area contributed by atoms with Crippen molar-refractivity contribution in [2.24, 2.45) is 5.92 Å². The Morgan fingerprint density at radius 1 is 0.909 bits per heavy atom. The molecular formula is C36H51NO5Si2. The Balaban J connectivity index is 1.31. The Labute approximate surface area is 266 Å². The molecule has 238 valence electrons. The van der Waals surface area contributed by atoms with Gasteiger partial charge >= 0.3 is 5.97 Å². The molecule has 2 aliphatic heterocycles. The summed E-state index contributed by atoms with van der Waals surface area (Å²) in [6, 6.07) is 12.2. The minimum atomic E-state index is -2.11. The SMILES string of the molecule is CN1CC[C@]23c4c5ccc(O[Si](C)(C)C(C)(C)C)c4O[C@H]2[C@@H](OC(=O)c2ccc(O[Si](C)(C)C(C)(C)C)cc2)C=C[C@H]3[C@H]1C5. The quantitative estimate of drug-likeness (QED) is 0.182. The van der Waals surface area contributed by atoms with E-state index in [0.717, 1.165) is 36.6 Å². The molecule has 0 aromatic heterocycles. The average Bonchev–Trinajstić information content (AvgIpc) is 3.27. The minimum Gasteiger partial charge on any atom is -0.544 e. The molecule has 2 aliphatic carbocycles. The molecule has 1 spiro atoms. The molecule has 8 heteroatoms. The number of benzene rings is 2. The van der Waals surface area contributed by atoms with Crippen molar-refractivity contribution in [2.75, 3.05) is 13.6 Å². The smallest absolute Gasteiger partial charge is 0.338 e. The predicted molar refractivity (Wildman–Crippen MR) is 181 cm³/mol. The van der Waals surface area contributed by atoms with Gasteiger partial charge in [-0.1, -0.05) is 53.7 Å². The molecule has 1 saturated heterocycles. The highest BCUT2D eigenvalue weighted by Gasteiger charge is 2.65. The van der Waals surface area contributed by atoms with Crippen molar-refractivity contribution in [2.45, 2.75) is 114 Å². The van der Waals surface area contributed by atoms with Crippen LogP contribution in [-0.4, -0.2) is 59.3 Å². The molecule has 1 fully saturated rings. The van der Waals surface area contributed by atoms with Gasteiger partial charge in [0, 0.05) is 22.9 Å². The van der Waals surface area contributed by atoms with Crippen LogP contribution in [0.4, 0.5) is 0 Å². The van der Waals surface area contributed by atoms with E-state index in [1.165, 1.54) is 11.1 Å². The van der Waals surface area contributed by atoms with Crippen molar-refractivity contribution in [1.82, 2.24) is 4.90 Å². The number of likely N-dealkylation sites (N-methyl/N-ethyl adjacent to an activating group) is 1. The summed E-state index contributed by atoms with van der Waals surface area (Å²) in [5.41, 5.74) is 2.91. The predicted octanol–water partition coefficient (Wildman–Crippen LogP) is 8.13. The van der Waals surface area contributed by atoms with E-state index >= 15 is 0 Å². The second-order valence-electron chi connectivity index (χ2n) is 16.5. The first-order valence-corrected chi connectivity index (χ1v) is 22.1. The standard InChI is InChI=1S/C36H51NO5Si2/c1-34(2,3)43(8,9)41-25-15-12-23(13-16-25)33(38)39-29-19-17-26-27-22-24-14-18-28(42-44(10,11)35(4,5)6)31-30(24)36(26,32(29)40-31)20-21-37(27)7/h12-19,26-27,29,32H,20-22H2,1-11H3/t26-,27+,29-,32-,36-/m0/s1. The summed E-state index contributed by atoms with van der Waals surface area (Å²) in [6.07, 6.45) is 5.55. The molecule has 0 radical (unpaired) electrons. The number of ether oxygens (including phenoxy) is 2. The summed E-state index contributed by atoms with van der Waals surface area (Å²) >= 11 is 0. The molecule has 2 aromatic rings. The van der Waals surface area contributed by atoms with Crippen molar-refractivity contribution >= 4 is 22.6 Å². The van der Waals surface area contributed by atoms with E-state index in [4.69, 9.17) is 18.3 Å². The lowest BCUT2D eigenvalue weighted by atomic mass is 9.53. The van der Waals surface area contributed by atoms with Gasteiger partial charge in [0.25, 0.3) is 8.32 Å². The van der Waals surface area contributed by atoms with Crippen molar-refractivity contribution in [3.8, 4) is 17.2 Å². The van der Waals surface area contributed by atoms with Crippen LogP contribution >= 0.6 is 0 Å². The first kappa shape index (κ1) is 31.4. The summed E-state index contributed by atoms with van der Waals surface area (Å²) < 4.78 is 26.6. The summed E-state index contributed by atoms with van der Waals surface area (Å²) in [5, 5.41) is 0.154. The zero-order valence-corrected chi connectivity index (χ0v) is 30.5. The maximum Gasteiger partial charge on any atom is 0.338 e. The zero-order valence-electron chi connectivity index (χ0n) is 28.5. The molecule has 0 amide bonds. The van der Waals surface area contributed by atoms with Crippen LogP contribution in [0.15, 0.2) is 48.6 Å². The Morgan fingerprint density at radius 2 is 1.55 bits per heavy atom. The Bertz CT molecular complexity index is 1490. The highest BCUT2D eigenvalue weighted by molar-refractivity contribution is 6.75. The zero-order chi connectivity index (χ0) is 32.0. The number of carbonyl (C=O) groups is 1. The first-order chi connectivity index (χ1) is 20.4. The van der Waals surface area contributed by atoms with E-state index in [-0.39, 0.29) is 27.6 Å². The fraction of sp³-hybridized carbons (Fsp3) is 0.583. The normalized spacial score (nSPS) is 27.8. The number of piperidine rings is 1. The molecular weight excluding hydrogens is 583 g/mol. The second-order valence-corrected chi connectivity index (χ2v) is 26.0. The molecule has 5 atom stereocenters. The largest absolute Gasteiger partial charge is 0.544 e. The fourth-order valence-corrected chi connectivity index (χ4v) is 9.17. The van der Waals surface area contributed by atoms with Gasteiger partial charge in [-0.2, -0.15) is 0 Å². The summed E-state index contributed by atoms with van der Waals surface area (Å²) in [7, 11) is -1.85. The van der Waals surface area contributed by atoms with E-state index in [0.29, 0.717) is 17.5 Å². The maximum atomic E-state index is 13.6. The van der Waals surface area contributed by atoms with Crippen molar-refractivity contribution < 1.29 is 23.1 Å². The molecule has 2 aromatic carbocycles. The minimum absolute atomic E-state index is 0.0609. The lowest BCUT2D eigenvalue weighted by Gasteiger charge is -2.56. The molecule has 0 unspecified atom stereocenters. The summed E-state index contributed by atoms with van der Waals surface area (Å²) in [5.74, 6) is 2.47. The van der Waals surface area contributed by atoms with Crippen molar-refractivity contribution in [3.63, 3.8) is 0 Å². The van der Waals surface area contributed by atoms with Crippen LogP contribution in [0.5, 0.6) is 17.2 Å². The monoisotopic (exact) mass is 633 g/mol. The summed E-state index contributed by atoms with van der Waals surface area (Å²) in [4.78, 5) is 16.1. The third-order valence-electron chi connectivity index (χ3n) is 11.8. The Morgan fingerprint density at radius 3 is 2.18 bits per heavy atom. The number of hydrogen-bond donors (Lipinski definition) is 0. The number of likely N-dealkylation sites (tertiary alicyclic amines) is 1. The Hall–Kier alpha value is -2.56. The maximum absolute atomic E-state index is 13.6. The molecule has 6 nitrogen and oxygen atoms in total. The van der Waals surface area contributed by atoms with E-state index in [2.05, 4.69) is 104 Å². The van der Waals surface area contributed by atoms with E-state index in [1.54, 1.807) is 0 Å². The van der Waals surface area contributed by atoms with Crippen LogP contribution in [0.1, 0.15) is 69.4 Å². The fourth-order valence-electron chi connectivity index (χ4n) is 7.12. The van der Waals surface area contributed by atoms with Gasteiger partial charge in [-0.25, -0.2) is 4.79 Å². The Kier molecular flexibility index (Phi) is 7.30. The molecule has 0 N–H and O–H groups in total. The number of esters is 1. The van der Waals surface area contributed by atoms with Crippen molar-refractivity contribution in [1.29, 1.82) is 0 Å². The van der Waals surface area contributed by atoms with Crippen LogP contribution in [0.3, 0.4) is 0 Å².